The summed E-state index contributed by atoms with van der Waals surface area (Å²) in [5.74, 6) is 1.73. The van der Waals surface area contributed by atoms with Gasteiger partial charge in [-0.1, -0.05) is 156 Å². The maximum atomic E-state index is 12.2. The number of nitrogens with zero attached hydrogens (tertiary/aromatic N) is 2. The lowest BCUT2D eigenvalue weighted by Crippen LogP contribution is -2.28. The third kappa shape index (κ3) is 37.8. The molecule has 0 aliphatic rings. The summed E-state index contributed by atoms with van der Waals surface area (Å²) < 4.78 is 11.1. The molecule has 0 aromatic rings. The molecule has 0 heterocycles. The van der Waals surface area contributed by atoms with Crippen LogP contribution in [0.2, 0.25) is 0 Å². The Balaban J connectivity index is 4.04. The molecule has 54 heavy (non-hydrogen) atoms. The van der Waals surface area contributed by atoms with Crippen LogP contribution in [0.1, 0.15) is 233 Å². The molecule has 0 aliphatic heterocycles. The second kappa shape index (κ2) is 41.5. The van der Waals surface area contributed by atoms with Gasteiger partial charge in [0.1, 0.15) is 0 Å². The molecule has 0 unspecified atom stereocenters. The van der Waals surface area contributed by atoms with Gasteiger partial charge in [-0.25, -0.2) is 0 Å². The largest absolute Gasteiger partial charge is 0.466 e. The van der Waals surface area contributed by atoms with Crippen molar-refractivity contribution in [3.05, 3.63) is 0 Å². The monoisotopic (exact) mass is 765 g/mol. The lowest BCUT2D eigenvalue weighted by molar-refractivity contribution is -0.144. The average Bonchev–Trinajstić information content (AvgIpc) is 3.16. The highest BCUT2D eigenvalue weighted by molar-refractivity contribution is 5.69. The molecule has 0 N–H and O–H groups in total. The third-order valence-corrected chi connectivity index (χ3v) is 11.4. The molecule has 0 amide bonds. The molecular formula is C48H96N2O4. The molecule has 6 heteroatoms. The van der Waals surface area contributed by atoms with Gasteiger partial charge >= 0.3 is 11.9 Å². The van der Waals surface area contributed by atoms with Crippen LogP contribution in [0.4, 0.5) is 0 Å². The second-order valence-corrected chi connectivity index (χ2v) is 17.1. The van der Waals surface area contributed by atoms with E-state index >= 15 is 0 Å². The van der Waals surface area contributed by atoms with Crippen LogP contribution in [-0.2, 0) is 19.1 Å². The Hall–Kier alpha value is -1.14. The Morgan fingerprint density at radius 1 is 0.389 bits per heavy atom. The van der Waals surface area contributed by atoms with Crippen molar-refractivity contribution in [3.8, 4) is 0 Å². The average molecular weight is 765 g/mol. The number of rotatable bonds is 43. The number of hydrogen-bond acceptors (Lipinski definition) is 6. The zero-order valence-corrected chi connectivity index (χ0v) is 37.6. The first-order valence-corrected chi connectivity index (χ1v) is 24.0. The minimum absolute atomic E-state index is 0.00173. The van der Waals surface area contributed by atoms with E-state index in [2.05, 4.69) is 51.6 Å². The quantitative estimate of drug-likeness (QED) is 0.0455. The third-order valence-electron chi connectivity index (χ3n) is 11.4. The van der Waals surface area contributed by atoms with Gasteiger partial charge in [0, 0.05) is 12.8 Å². The number of unbranched alkanes of at least 4 members (excludes halogenated alkanes) is 15. The molecule has 0 aromatic carbocycles. The van der Waals surface area contributed by atoms with Crippen LogP contribution in [0.3, 0.4) is 0 Å². The molecule has 6 nitrogen and oxygen atoms in total. The molecule has 0 rings (SSSR count). The van der Waals surface area contributed by atoms with Crippen LogP contribution in [0.25, 0.3) is 0 Å². The summed E-state index contributed by atoms with van der Waals surface area (Å²) in [6.45, 7) is 15.1. The van der Waals surface area contributed by atoms with Crippen molar-refractivity contribution >= 4 is 11.9 Å². The lowest BCUT2D eigenvalue weighted by atomic mass is 9.91. The molecule has 0 saturated carbocycles. The van der Waals surface area contributed by atoms with Crippen molar-refractivity contribution in [3.63, 3.8) is 0 Å². The maximum Gasteiger partial charge on any atom is 0.305 e. The predicted octanol–water partition coefficient (Wildman–Crippen LogP) is 13.7. The number of esters is 2. The summed E-state index contributed by atoms with van der Waals surface area (Å²) in [7, 11) is 4.33. The van der Waals surface area contributed by atoms with E-state index < -0.39 is 0 Å². The SMILES string of the molecule is CCCCC(CCCC)CCCCOC(=O)CCCCCCCN(CCCCCCCC(=O)OCCCCC(CCCC)CCCC)CCCCN(C)C. The topological polar surface area (TPSA) is 59.1 Å². The summed E-state index contributed by atoms with van der Waals surface area (Å²) in [5.41, 5.74) is 0. The predicted molar refractivity (Wildman–Crippen MR) is 234 cm³/mol. The Morgan fingerprint density at radius 2 is 0.704 bits per heavy atom. The van der Waals surface area contributed by atoms with Gasteiger partial charge < -0.3 is 19.3 Å². The summed E-state index contributed by atoms with van der Waals surface area (Å²) >= 11 is 0. The normalized spacial score (nSPS) is 11.8. The highest BCUT2D eigenvalue weighted by atomic mass is 16.5. The van der Waals surface area contributed by atoms with Crippen molar-refractivity contribution < 1.29 is 19.1 Å². The molecule has 322 valence electrons. The fraction of sp³-hybridized carbons (Fsp3) is 0.958. The first kappa shape index (κ1) is 52.9. The molecule has 0 spiro atoms. The number of carbonyl (C=O) groups excluding carboxylic acids is 2. The summed E-state index contributed by atoms with van der Waals surface area (Å²) in [4.78, 5) is 29.5. The fourth-order valence-electron chi connectivity index (χ4n) is 7.79. The molecular weight excluding hydrogens is 669 g/mol. The lowest BCUT2D eigenvalue weighted by Gasteiger charge is -2.23. The Labute approximate surface area is 338 Å². The molecule has 0 aliphatic carbocycles. The van der Waals surface area contributed by atoms with E-state index in [1.54, 1.807) is 0 Å². The minimum atomic E-state index is 0.00173. The van der Waals surface area contributed by atoms with Crippen LogP contribution in [0, 0.1) is 11.8 Å². The number of ether oxygens (including phenoxy) is 2. The summed E-state index contributed by atoms with van der Waals surface area (Å²) in [6, 6.07) is 0. The first-order chi connectivity index (χ1) is 26.4. The van der Waals surface area contributed by atoms with Gasteiger partial charge in [0.25, 0.3) is 0 Å². The molecule has 0 radical (unpaired) electrons. The van der Waals surface area contributed by atoms with Gasteiger partial charge in [0.05, 0.1) is 13.2 Å². The summed E-state index contributed by atoms with van der Waals surface area (Å²) in [6.07, 6.45) is 38.3. The van der Waals surface area contributed by atoms with Crippen LogP contribution < -0.4 is 0 Å². The fourth-order valence-corrected chi connectivity index (χ4v) is 7.79. The zero-order chi connectivity index (χ0) is 39.7. The first-order valence-electron chi connectivity index (χ1n) is 24.0. The van der Waals surface area contributed by atoms with E-state index in [1.807, 2.05) is 0 Å². The molecule has 0 saturated heterocycles. The van der Waals surface area contributed by atoms with Gasteiger partial charge in [0.2, 0.25) is 0 Å². The van der Waals surface area contributed by atoms with Gasteiger partial charge in [-0.2, -0.15) is 0 Å². The zero-order valence-electron chi connectivity index (χ0n) is 37.6. The van der Waals surface area contributed by atoms with Crippen molar-refractivity contribution in [2.75, 3.05) is 53.5 Å². The van der Waals surface area contributed by atoms with Crippen molar-refractivity contribution in [2.45, 2.75) is 233 Å². The summed E-state index contributed by atoms with van der Waals surface area (Å²) in [5, 5.41) is 0. The van der Waals surface area contributed by atoms with Crippen molar-refractivity contribution in [1.82, 2.24) is 9.80 Å². The van der Waals surface area contributed by atoms with Crippen molar-refractivity contribution in [2.24, 2.45) is 11.8 Å². The number of hydrogen-bond donors (Lipinski definition) is 0. The molecule has 0 aromatic heterocycles. The van der Waals surface area contributed by atoms with Gasteiger partial charge in [0.15, 0.2) is 0 Å². The molecule has 0 fully saturated rings. The number of carbonyl (C=O) groups is 2. The Kier molecular flexibility index (Phi) is 40.6. The van der Waals surface area contributed by atoms with Gasteiger partial charge in [-0.05, 0) is 116 Å². The van der Waals surface area contributed by atoms with Crippen LogP contribution in [0.5, 0.6) is 0 Å². The Bertz CT molecular complexity index is 719. The van der Waals surface area contributed by atoms with Gasteiger partial charge in [-0.3, -0.25) is 9.59 Å². The molecule has 0 bridgehead atoms. The molecule has 0 atom stereocenters. The van der Waals surface area contributed by atoms with E-state index in [0.717, 1.165) is 56.9 Å². The van der Waals surface area contributed by atoms with E-state index in [1.165, 1.54) is 174 Å². The van der Waals surface area contributed by atoms with E-state index in [-0.39, 0.29) is 11.9 Å². The van der Waals surface area contributed by atoms with Crippen LogP contribution in [0.15, 0.2) is 0 Å². The van der Waals surface area contributed by atoms with Gasteiger partial charge in [-0.15, -0.1) is 0 Å². The van der Waals surface area contributed by atoms with Crippen LogP contribution >= 0.6 is 0 Å². The van der Waals surface area contributed by atoms with Crippen molar-refractivity contribution in [1.29, 1.82) is 0 Å². The maximum absolute atomic E-state index is 12.2. The highest BCUT2D eigenvalue weighted by Crippen LogP contribution is 2.23. The van der Waals surface area contributed by atoms with E-state index in [9.17, 15) is 9.59 Å². The Morgan fingerprint density at radius 3 is 1.07 bits per heavy atom. The second-order valence-electron chi connectivity index (χ2n) is 17.1. The standard InChI is InChI=1S/C48H96N2O4/c1-7-11-31-45(32-12-8-2)35-23-29-43-53-47(51)37-21-17-15-19-25-40-50(42-28-27-39-49(5)6)41-26-20-16-18-22-38-48(52)54-44-30-24-36-46(33-13-9-3)34-14-10-4/h45-46H,7-44H2,1-6H3. The smallest absolute Gasteiger partial charge is 0.305 e. The highest BCUT2D eigenvalue weighted by Gasteiger charge is 2.11. The van der Waals surface area contributed by atoms with E-state index in [0.29, 0.717) is 26.1 Å². The van der Waals surface area contributed by atoms with Crippen LogP contribution in [-0.4, -0.2) is 75.2 Å². The minimum Gasteiger partial charge on any atom is -0.466 e. The van der Waals surface area contributed by atoms with E-state index in [4.69, 9.17) is 9.47 Å².